The normalized spacial score (nSPS) is 10.3. The van der Waals surface area contributed by atoms with Crippen molar-refractivity contribution in [2.24, 2.45) is 5.73 Å². The van der Waals surface area contributed by atoms with Crippen molar-refractivity contribution in [3.8, 4) is 11.3 Å². The molecule has 2 rings (SSSR count). The van der Waals surface area contributed by atoms with Gasteiger partial charge in [-0.1, -0.05) is 0 Å². The Labute approximate surface area is 68.3 Å². The summed E-state index contributed by atoms with van der Waals surface area (Å²) in [6.07, 6.45) is 4.40. The minimum atomic E-state index is -0.469. The Hall–Kier alpha value is -1.84. The Morgan fingerprint density at radius 3 is 3.17 bits per heavy atom. The van der Waals surface area contributed by atoms with Gasteiger partial charge in [-0.15, -0.1) is 0 Å². The standard InChI is InChI=1S/C8H6N2O2/c9-8(11)6-3-10-7-4-12-2-1-5(6)7/h1-4H,(H2,9,11). The van der Waals surface area contributed by atoms with Crippen LogP contribution in [0.25, 0.3) is 11.3 Å². The summed E-state index contributed by atoms with van der Waals surface area (Å²) in [4.78, 5) is 14.8. The van der Waals surface area contributed by atoms with Crippen LogP contribution in [0.4, 0.5) is 0 Å². The summed E-state index contributed by atoms with van der Waals surface area (Å²) >= 11 is 0. The molecule has 0 aromatic rings. The lowest BCUT2D eigenvalue weighted by Gasteiger charge is -1.95. The summed E-state index contributed by atoms with van der Waals surface area (Å²) in [5.41, 5.74) is 6.92. The number of amides is 1. The van der Waals surface area contributed by atoms with Gasteiger partial charge in [-0.05, 0) is 6.07 Å². The summed E-state index contributed by atoms with van der Waals surface area (Å²) in [5.74, 6) is -0.469. The second-order valence-electron chi connectivity index (χ2n) is 2.39. The van der Waals surface area contributed by atoms with Crippen LogP contribution in [0, 0.1) is 0 Å². The SMILES string of the molecule is NC(=O)c1cnc2coccc1-2. The van der Waals surface area contributed by atoms with Gasteiger partial charge in [0.2, 0.25) is 0 Å². The van der Waals surface area contributed by atoms with Crippen molar-refractivity contribution in [1.82, 2.24) is 4.98 Å². The topological polar surface area (TPSA) is 69.1 Å². The maximum absolute atomic E-state index is 10.8. The van der Waals surface area contributed by atoms with E-state index in [1.165, 1.54) is 18.7 Å². The Morgan fingerprint density at radius 1 is 1.58 bits per heavy atom. The molecule has 4 heteroatoms. The maximum atomic E-state index is 10.8. The molecule has 2 aliphatic heterocycles. The van der Waals surface area contributed by atoms with Crippen molar-refractivity contribution >= 4 is 5.91 Å². The van der Waals surface area contributed by atoms with Crippen LogP contribution in [0.15, 0.2) is 29.2 Å². The van der Waals surface area contributed by atoms with Crippen molar-refractivity contribution < 1.29 is 9.21 Å². The number of nitrogens with zero attached hydrogens (tertiary/aromatic N) is 1. The van der Waals surface area contributed by atoms with Crippen molar-refractivity contribution in [1.29, 1.82) is 0 Å². The molecule has 0 bridgehead atoms. The molecule has 60 valence electrons. The van der Waals surface area contributed by atoms with Gasteiger partial charge in [0, 0.05) is 11.8 Å². The highest BCUT2D eigenvalue weighted by molar-refractivity contribution is 5.99. The van der Waals surface area contributed by atoms with Crippen LogP contribution in [-0.4, -0.2) is 10.9 Å². The van der Waals surface area contributed by atoms with Gasteiger partial charge in [0.15, 0.2) is 0 Å². The molecule has 0 aromatic carbocycles. The van der Waals surface area contributed by atoms with Crippen LogP contribution in [0.3, 0.4) is 0 Å². The van der Waals surface area contributed by atoms with Crippen LogP contribution in [0.1, 0.15) is 10.4 Å². The highest BCUT2D eigenvalue weighted by atomic mass is 16.3. The second-order valence-corrected chi connectivity index (χ2v) is 2.39. The molecule has 1 amide bonds. The zero-order valence-corrected chi connectivity index (χ0v) is 6.15. The van der Waals surface area contributed by atoms with Crippen molar-refractivity contribution in [2.75, 3.05) is 0 Å². The first-order chi connectivity index (χ1) is 5.79. The second kappa shape index (κ2) is 2.34. The van der Waals surface area contributed by atoms with Gasteiger partial charge in [0.05, 0.1) is 11.8 Å². The molecular formula is C8H6N2O2. The van der Waals surface area contributed by atoms with E-state index in [0.29, 0.717) is 11.3 Å². The largest absolute Gasteiger partial charge is 0.470 e. The molecular weight excluding hydrogens is 156 g/mol. The first-order valence-electron chi connectivity index (χ1n) is 3.40. The van der Waals surface area contributed by atoms with Crippen molar-refractivity contribution in [3.63, 3.8) is 0 Å². The van der Waals surface area contributed by atoms with Crippen LogP contribution in [0.5, 0.6) is 0 Å². The van der Waals surface area contributed by atoms with E-state index < -0.39 is 5.91 Å². The van der Waals surface area contributed by atoms with Crippen LogP contribution < -0.4 is 5.73 Å². The molecule has 2 heterocycles. The van der Waals surface area contributed by atoms with E-state index in [1.54, 1.807) is 6.07 Å². The van der Waals surface area contributed by atoms with Gasteiger partial charge in [0.25, 0.3) is 5.91 Å². The quantitative estimate of drug-likeness (QED) is 0.676. The molecule has 0 saturated carbocycles. The highest BCUT2D eigenvalue weighted by Gasteiger charge is 2.14. The Balaban J connectivity index is 2.67. The number of carbonyl (C=O) groups is 1. The van der Waals surface area contributed by atoms with Gasteiger partial charge < -0.3 is 10.2 Å². The number of rotatable bonds is 1. The van der Waals surface area contributed by atoms with Gasteiger partial charge in [-0.3, -0.25) is 9.78 Å². The Bertz CT molecular complexity index is 394. The molecule has 0 radical (unpaired) electrons. The molecule has 0 atom stereocenters. The molecule has 2 aliphatic rings. The van der Waals surface area contributed by atoms with E-state index in [4.69, 9.17) is 10.2 Å². The highest BCUT2D eigenvalue weighted by Crippen LogP contribution is 2.23. The summed E-state index contributed by atoms with van der Waals surface area (Å²) in [6, 6.07) is 1.67. The van der Waals surface area contributed by atoms with E-state index in [1.807, 2.05) is 0 Å². The summed E-state index contributed by atoms with van der Waals surface area (Å²) < 4.78 is 4.87. The number of primary amides is 1. The summed E-state index contributed by atoms with van der Waals surface area (Å²) in [6.45, 7) is 0. The molecule has 4 nitrogen and oxygen atoms in total. The number of nitrogens with two attached hydrogens (primary N) is 1. The van der Waals surface area contributed by atoms with Crippen molar-refractivity contribution in [3.05, 3.63) is 30.4 Å². The van der Waals surface area contributed by atoms with E-state index in [0.717, 1.165) is 5.56 Å². The zero-order valence-electron chi connectivity index (χ0n) is 6.15. The third-order valence-corrected chi connectivity index (χ3v) is 1.66. The van der Waals surface area contributed by atoms with E-state index in [-0.39, 0.29) is 0 Å². The van der Waals surface area contributed by atoms with Crippen LogP contribution in [0.2, 0.25) is 0 Å². The maximum Gasteiger partial charge on any atom is 0.250 e. The lowest BCUT2D eigenvalue weighted by Crippen LogP contribution is -2.10. The lowest BCUT2D eigenvalue weighted by molar-refractivity contribution is 0.100. The molecule has 0 unspecified atom stereocenters. The fourth-order valence-corrected chi connectivity index (χ4v) is 1.09. The molecule has 0 saturated heterocycles. The van der Waals surface area contributed by atoms with E-state index in [2.05, 4.69) is 4.98 Å². The number of fused-ring (bicyclic) bond motifs is 1. The molecule has 0 fully saturated rings. The van der Waals surface area contributed by atoms with E-state index in [9.17, 15) is 4.79 Å². The molecule has 0 spiro atoms. The first-order valence-corrected chi connectivity index (χ1v) is 3.40. The van der Waals surface area contributed by atoms with Gasteiger partial charge in [-0.2, -0.15) is 0 Å². The van der Waals surface area contributed by atoms with Gasteiger partial charge >= 0.3 is 0 Å². The minimum Gasteiger partial charge on any atom is -0.470 e. The third kappa shape index (κ3) is 0.852. The molecule has 0 aromatic heterocycles. The number of carbonyl (C=O) groups excluding carboxylic acids is 1. The smallest absolute Gasteiger partial charge is 0.250 e. The fraction of sp³-hybridized carbons (Fsp3) is 0. The zero-order chi connectivity index (χ0) is 8.55. The predicted octanol–water partition coefficient (Wildman–Crippen LogP) is 0.878. The van der Waals surface area contributed by atoms with Gasteiger partial charge in [-0.25, -0.2) is 0 Å². The monoisotopic (exact) mass is 162 g/mol. The average molecular weight is 162 g/mol. The lowest BCUT2D eigenvalue weighted by atomic mass is 10.1. The fourth-order valence-electron chi connectivity index (χ4n) is 1.09. The number of hydrogen-bond donors (Lipinski definition) is 1. The predicted molar refractivity (Wildman–Crippen MR) is 41.6 cm³/mol. The molecule has 0 aliphatic carbocycles. The van der Waals surface area contributed by atoms with Gasteiger partial charge in [0.1, 0.15) is 12.0 Å². The average Bonchev–Trinajstić information content (AvgIpc) is 2.47. The Kier molecular flexibility index (Phi) is 1.33. The number of aromatic nitrogens is 1. The number of hydrogen-bond acceptors (Lipinski definition) is 3. The molecule has 12 heavy (non-hydrogen) atoms. The summed E-state index contributed by atoms with van der Waals surface area (Å²) in [7, 11) is 0. The Morgan fingerprint density at radius 2 is 2.42 bits per heavy atom. The summed E-state index contributed by atoms with van der Waals surface area (Å²) in [5, 5.41) is 0. The molecule has 2 N–H and O–H groups in total. The van der Waals surface area contributed by atoms with Crippen LogP contribution in [-0.2, 0) is 0 Å². The minimum absolute atomic E-state index is 0.431. The third-order valence-electron chi connectivity index (χ3n) is 1.66. The first kappa shape index (κ1) is 6.84. The van der Waals surface area contributed by atoms with Crippen LogP contribution >= 0.6 is 0 Å². The van der Waals surface area contributed by atoms with E-state index >= 15 is 0 Å². The van der Waals surface area contributed by atoms with Crippen molar-refractivity contribution in [2.45, 2.75) is 0 Å².